The molecule has 0 bridgehead atoms. The van der Waals surface area contributed by atoms with Gasteiger partial charge < -0.3 is 15.2 Å². The molecule has 0 amide bonds. The van der Waals surface area contributed by atoms with Crippen LogP contribution in [-0.2, 0) is 13.0 Å². The zero-order valence-electron chi connectivity index (χ0n) is 19.3. The molecule has 0 saturated heterocycles. The van der Waals surface area contributed by atoms with E-state index < -0.39 is 6.10 Å². The Kier molecular flexibility index (Phi) is 5.67. The van der Waals surface area contributed by atoms with Gasteiger partial charge in [-0.3, -0.25) is 9.67 Å². The number of aromatic nitrogens is 4. The molecule has 3 aromatic heterocycles. The number of hydrogen-bond acceptors (Lipinski definition) is 7. The summed E-state index contributed by atoms with van der Waals surface area (Å²) in [5.41, 5.74) is 5.00. The van der Waals surface area contributed by atoms with Crippen LogP contribution in [0, 0.1) is 0 Å². The number of thiazole rings is 1. The van der Waals surface area contributed by atoms with Gasteiger partial charge in [0.05, 0.1) is 34.3 Å². The molecule has 0 saturated carbocycles. The van der Waals surface area contributed by atoms with Gasteiger partial charge in [0.15, 0.2) is 5.13 Å². The molecule has 0 aliphatic heterocycles. The highest BCUT2D eigenvalue weighted by Crippen LogP contribution is 2.37. The quantitative estimate of drug-likeness (QED) is 0.303. The number of aliphatic hydroxyl groups is 1. The molecule has 2 atom stereocenters. The van der Waals surface area contributed by atoms with Crippen LogP contribution in [0.5, 0.6) is 11.5 Å². The summed E-state index contributed by atoms with van der Waals surface area (Å²) in [6.45, 7) is 3.01. The highest BCUT2D eigenvalue weighted by atomic mass is 32.1. The van der Waals surface area contributed by atoms with E-state index >= 15 is 0 Å². The van der Waals surface area contributed by atoms with Crippen molar-refractivity contribution in [3.63, 3.8) is 0 Å². The molecule has 5 aromatic rings. The molecule has 2 N–H and O–H groups in total. The maximum absolute atomic E-state index is 10.6. The maximum Gasteiger partial charge on any atom is 0.184 e. The summed E-state index contributed by atoms with van der Waals surface area (Å²) in [7, 11) is 0. The van der Waals surface area contributed by atoms with Gasteiger partial charge in [-0.15, -0.1) is 0 Å². The summed E-state index contributed by atoms with van der Waals surface area (Å²) in [4.78, 5) is 9.20. The lowest BCUT2D eigenvalue weighted by molar-refractivity contribution is 0.166. The van der Waals surface area contributed by atoms with Crippen LogP contribution in [0.1, 0.15) is 30.5 Å². The SMILES string of the molecule is CCCn1cc(-c2cc(Oc3ccc4nc(N[C@@H]5c6ccccc6C[C@@H]5O)sc4c3)ccn2)cn1. The second-order valence-electron chi connectivity index (χ2n) is 8.71. The van der Waals surface area contributed by atoms with E-state index in [0.717, 1.165) is 50.9 Å². The fraction of sp³-hybridized carbons (Fsp3) is 0.222. The zero-order valence-corrected chi connectivity index (χ0v) is 20.1. The number of nitrogens with one attached hydrogen (secondary N) is 1. The summed E-state index contributed by atoms with van der Waals surface area (Å²) < 4.78 is 9.10. The first-order chi connectivity index (χ1) is 17.2. The molecule has 0 unspecified atom stereocenters. The van der Waals surface area contributed by atoms with E-state index in [-0.39, 0.29) is 6.04 Å². The van der Waals surface area contributed by atoms with Gasteiger partial charge in [0.25, 0.3) is 0 Å². The Morgan fingerprint density at radius 2 is 2.03 bits per heavy atom. The molecule has 1 aliphatic rings. The lowest BCUT2D eigenvalue weighted by atomic mass is 10.1. The lowest BCUT2D eigenvalue weighted by Crippen LogP contribution is -2.20. The van der Waals surface area contributed by atoms with Gasteiger partial charge in [0.1, 0.15) is 11.5 Å². The Morgan fingerprint density at radius 3 is 2.94 bits per heavy atom. The number of aliphatic hydroxyl groups excluding tert-OH is 1. The molecular weight excluding hydrogens is 458 g/mol. The number of anilines is 1. The molecule has 7 nitrogen and oxygen atoms in total. The second-order valence-corrected chi connectivity index (χ2v) is 9.74. The number of rotatable bonds is 7. The molecule has 0 fully saturated rings. The number of fused-ring (bicyclic) bond motifs is 2. The van der Waals surface area contributed by atoms with Crippen molar-refractivity contribution in [2.75, 3.05) is 5.32 Å². The molecule has 6 rings (SSSR count). The van der Waals surface area contributed by atoms with E-state index in [0.29, 0.717) is 12.2 Å². The van der Waals surface area contributed by atoms with Gasteiger partial charge in [-0.05, 0) is 35.7 Å². The molecular formula is C27H25N5O2S. The van der Waals surface area contributed by atoms with Crippen LogP contribution in [0.2, 0.25) is 0 Å². The third-order valence-corrected chi connectivity index (χ3v) is 7.14. The van der Waals surface area contributed by atoms with Crippen molar-refractivity contribution in [2.45, 2.75) is 38.5 Å². The second kappa shape index (κ2) is 9.13. The molecule has 35 heavy (non-hydrogen) atoms. The van der Waals surface area contributed by atoms with Gasteiger partial charge in [-0.25, -0.2) is 4.98 Å². The Labute approximate surface area is 207 Å². The maximum atomic E-state index is 10.6. The molecule has 0 radical (unpaired) electrons. The fourth-order valence-corrected chi connectivity index (χ4v) is 5.46. The number of nitrogens with zero attached hydrogens (tertiary/aromatic N) is 4. The average Bonchev–Trinajstić information content (AvgIpc) is 3.57. The van der Waals surface area contributed by atoms with E-state index in [1.54, 1.807) is 17.5 Å². The summed E-state index contributed by atoms with van der Waals surface area (Å²) in [6.07, 6.45) is 6.81. The van der Waals surface area contributed by atoms with Crippen molar-refractivity contribution in [3.8, 4) is 22.8 Å². The minimum absolute atomic E-state index is 0.153. The van der Waals surface area contributed by atoms with Crippen LogP contribution >= 0.6 is 11.3 Å². The molecule has 176 valence electrons. The average molecular weight is 484 g/mol. The number of pyridine rings is 1. The zero-order chi connectivity index (χ0) is 23.8. The van der Waals surface area contributed by atoms with Gasteiger partial charge in [0.2, 0.25) is 0 Å². The van der Waals surface area contributed by atoms with E-state index in [1.807, 2.05) is 59.5 Å². The van der Waals surface area contributed by atoms with Gasteiger partial charge in [0, 0.05) is 43.1 Å². The van der Waals surface area contributed by atoms with Crippen molar-refractivity contribution >= 4 is 26.7 Å². The number of benzene rings is 2. The van der Waals surface area contributed by atoms with Crippen LogP contribution in [-0.4, -0.2) is 31.0 Å². The van der Waals surface area contributed by atoms with Gasteiger partial charge in [-0.1, -0.05) is 42.5 Å². The predicted molar refractivity (Wildman–Crippen MR) is 138 cm³/mol. The molecule has 8 heteroatoms. The summed E-state index contributed by atoms with van der Waals surface area (Å²) >= 11 is 1.56. The topological polar surface area (TPSA) is 85.1 Å². The monoisotopic (exact) mass is 483 g/mol. The van der Waals surface area contributed by atoms with Gasteiger partial charge in [-0.2, -0.15) is 5.10 Å². The van der Waals surface area contributed by atoms with Crippen LogP contribution < -0.4 is 10.1 Å². The molecule has 2 aromatic carbocycles. The van der Waals surface area contributed by atoms with E-state index in [4.69, 9.17) is 9.72 Å². The third-order valence-electron chi connectivity index (χ3n) is 6.19. The molecule has 1 aliphatic carbocycles. The lowest BCUT2D eigenvalue weighted by Gasteiger charge is -2.16. The first-order valence-corrected chi connectivity index (χ1v) is 12.6. The van der Waals surface area contributed by atoms with E-state index in [9.17, 15) is 5.11 Å². The minimum Gasteiger partial charge on any atom is -0.457 e. The standard InChI is InChI=1S/C27H25N5O2S/c1-2-11-32-16-18(15-29-32)23-13-20(9-10-28-23)34-19-7-8-22-25(14-19)35-27(30-22)31-26-21-6-4-3-5-17(21)12-24(26)33/h3-10,13-16,24,26,33H,2,11-12H2,1H3,(H,30,31)/t24-,26+/m0/s1. The van der Waals surface area contributed by atoms with Crippen LogP contribution in [0.4, 0.5) is 5.13 Å². The Morgan fingerprint density at radius 1 is 1.14 bits per heavy atom. The van der Waals surface area contributed by atoms with Crippen LogP contribution in [0.15, 0.2) is 73.2 Å². The predicted octanol–water partition coefficient (Wildman–Crippen LogP) is 5.83. The number of hydrogen-bond donors (Lipinski definition) is 2. The van der Waals surface area contributed by atoms with Crippen molar-refractivity contribution in [3.05, 3.63) is 84.3 Å². The Bertz CT molecular complexity index is 1490. The van der Waals surface area contributed by atoms with Crippen molar-refractivity contribution in [2.24, 2.45) is 0 Å². The van der Waals surface area contributed by atoms with Crippen molar-refractivity contribution < 1.29 is 9.84 Å². The Hall–Kier alpha value is -3.75. The number of aryl methyl sites for hydroxylation is 1. The van der Waals surface area contributed by atoms with Gasteiger partial charge >= 0.3 is 0 Å². The Balaban J connectivity index is 1.20. The smallest absolute Gasteiger partial charge is 0.184 e. The van der Waals surface area contributed by atoms with Crippen molar-refractivity contribution in [1.29, 1.82) is 0 Å². The highest BCUT2D eigenvalue weighted by Gasteiger charge is 2.31. The fourth-order valence-electron chi connectivity index (χ4n) is 4.53. The van der Waals surface area contributed by atoms with E-state index in [2.05, 4.69) is 34.5 Å². The minimum atomic E-state index is -0.465. The third kappa shape index (κ3) is 4.38. The first kappa shape index (κ1) is 21.8. The van der Waals surface area contributed by atoms with Crippen molar-refractivity contribution in [1.82, 2.24) is 19.7 Å². The van der Waals surface area contributed by atoms with E-state index in [1.165, 1.54) is 5.56 Å². The normalized spacial score (nSPS) is 17.0. The highest BCUT2D eigenvalue weighted by molar-refractivity contribution is 7.22. The summed E-state index contributed by atoms with van der Waals surface area (Å²) in [5, 5.41) is 19.2. The summed E-state index contributed by atoms with van der Waals surface area (Å²) in [5.74, 6) is 1.45. The molecule has 3 heterocycles. The van der Waals surface area contributed by atoms with Crippen LogP contribution in [0.3, 0.4) is 0 Å². The number of ether oxygens (including phenoxy) is 1. The summed E-state index contributed by atoms with van der Waals surface area (Å²) in [6, 6.07) is 17.7. The molecule has 0 spiro atoms. The van der Waals surface area contributed by atoms with Crippen LogP contribution in [0.25, 0.3) is 21.5 Å². The first-order valence-electron chi connectivity index (χ1n) is 11.8. The largest absolute Gasteiger partial charge is 0.457 e.